The van der Waals surface area contributed by atoms with Gasteiger partial charge in [-0.3, -0.25) is 4.79 Å². The second kappa shape index (κ2) is 8.56. The molecule has 0 aromatic heterocycles. The summed E-state index contributed by atoms with van der Waals surface area (Å²) >= 11 is 0. The molecular formula is C24H30N2O2. The number of Topliss-reactive ketones (excluding diaryl/α,β-unsaturated/α-hetero) is 1. The molecule has 2 atom stereocenters. The van der Waals surface area contributed by atoms with Crippen molar-refractivity contribution in [1.82, 2.24) is 9.80 Å². The molecule has 2 aromatic carbocycles. The highest BCUT2D eigenvalue weighted by Crippen LogP contribution is 2.39. The van der Waals surface area contributed by atoms with Crippen molar-refractivity contribution in [2.75, 3.05) is 39.3 Å². The minimum atomic E-state index is -1.11. The molecular weight excluding hydrogens is 348 g/mol. The van der Waals surface area contributed by atoms with Crippen LogP contribution in [0, 0.1) is 5.92 Å². The molecule has 28 heavy (non-hydrogen) atoms. The van der Waals surface area contributed by atoms with Crippen molar-refractivity contribution in [2.24, 2.45) is 5.92 Å². The van der Waals surface area contributed by atoms with Crippen LogP contribution in [0.3, 0.4) is 0 Å². The van der Waals surface area contributed by atoms with E-state index in [4.69, 9.17) is 0 Å². The Morgan fingerprint density at radius 3 is 2.18 bits per heavy atom. The normalized spacial score (nSPS) is 26.4. The number of hydrogen-bond acceptors (Lipinski definition) is 4. The van der Waals surface area contributed by atoms with Gasteiger partial charge < -0.3 is 14.9 Å². The standard InChI is InChI=1S/C24H30N2O2/c27-23(20-9-3-1-4-10-20)22-19-26(18-17-25-14-7-8-15-25)16-13-24(22,28)21-11-5-2-6-12-21/h1-6,9-12,22,28H,7-8,13-19H2. The zero-order chi connectivity index (χ0) is 19.4. The number of hydrogen-bond donors (Lipinski definition) is 1. The van der Waals surface area contributed by atoms with E-state index in [0.29, 0.717) is 18.5 Å². The fourth-order valence-corrected chi connectivity index (χ4v) is 4.67. The van der Waals surface area contributed by atoms with Gasteiger partial charge in [-0.05, 0) is 37.9 Å². The highest BCUT2D eigenvalue weighted by molar-refractivity contribution is 5.99. The summed E-state index contributed by atoms with van der Waals surface area (Å²) in [5.74, 6) is -0.414. The van der Waals surface area contributed by atoms with Gasteiger partial charge in [-0.1, -0.05) is 60.7 Å². The number of carbonyl (C=O) groups excluding carboxylic acids is 1. The first-order valence-electron chi connectivity index (χ1n) is 10.5. The van der Waals surface area contributed by atoms with Gasteiger partial charge >= 0.3 is 0 Å². The Labute approximate surface area is 167 Å². The summed E-state index contributed by atoms with van der Waals surface area (Å²) in [5.41, 5.74) is 0.421. The maximum atomic E-state index is 13.4. The van der Waals surface area contributed by atoms with Crippen molar-refractivity contribution in [3.05, 3.63) is 71.8 Å². The van der Waals surface area contributed by atoms with E-state index in [1.54, 1.807) is 0 Å². The molecule has 2 saturated heterocycles. The van der Waals surface area contributed by atoms with Crippen LogP contribution in [0.4, 0.5) is 0 Å². The molecule has 0 radical (unpaired) electrons. The third-order valence-corrected chi connectivity index (χ3v) is 6.41. The SMILES string of the molecule is O=C(c1ccccc1)C1CN(CCN2CCCC2)CCC1(O)c1ccccc1. The van der Waals surface area contributed by atoms with Crippen LogP contribution in [0.2, 0.25) is 0 Å². The Balaban J connectivity index is 1.55. The van der Waals surface area contributed by atoms with Crippen LogP contribution in [-0.4, -0.2) is 60.0 Å². The van der Waals surface area contributed by atoms with E-state index in [-0.39, 0.29) is 5.78 Å². The van der Waals surface area contributed by atoms with Crippen LogP contribution in [-0.2, 0) is 5.60 Å². The van der Waals surface area contributed by atoms with Crippen LogP contribution < -0.4 is 0 Å². The van der Waals surface area contributed by atoms with Crippen LogP contribution in [0.25, 0.3) is 0 Å². The number of ketones is 1. The predicted molar refractivity (Wildman–Crippen MR) is 111 cm³/mol. The first-order valence-corrected chi connectivity index (χ1v) is 10.5. The van der Waals surface area contributed by atoms with Gasteiger partial charge in [-0.15, -0.1) is 0 Å². The maximum Gasteiger partial charge on any atom is 0.170 e. The molecule has 4 rings (SSSR count). The van der Waals surface area contributed by atoms with E-state index in [0.717, 1.165) is 25.2 Å². The molecule has 2 aliphatic rings. The number of benzene rings is 2. The fourth-order valence-electron chi connectivity index (χ4n) is 4.67. The quantitative estimate of drug-likeness (QED) is 0.784. The largest absolute Gasteiger partial charge is 0.384 e. The van der Waals surface area contributed by atoms with Crippen molar-refractivity contribution < 1.29 is 9.90 Å². The van der Waals surface area contributed by atoms with Gasteiger partial charge in [0.25, 0.3) is 0 Å². The lowest BCUT2D eigenvalue weighted by Gasteiger charge is -2.44. The summed E-state index contributed by atoms with van der Waals surface area (Å²) in [7, 11) is 0. The molecule has 148 valence electrons. The summed E-state index contributed by atoms with van der Waals surface area (Å²) in [6.07, 6.45) is 3.17. The lowest BCUT2D eigenvalue weighted by atomic mass is 9.72. The summed E-state index contributed by atoms with van der Waals surface area (Å²) in [6.45, 7) is 5.81. The lowest BCUT2D eigenvalue weighted by Crippen LogP contribution is -2.54. The average molecular weight is 379 g/mol. The van der Waals surface area contributed by atoms with E-state index in [9.17, 15) is 9.90 Å². The molecule has 2 aromatic rings. The molecule has 2 unspecified atom stereocenters. The van der Waals surface area contributed by atoms with Crippen LogP contribution in [0.15, 0.2) is 60.7 Å². The van der Waals surface area contributed by atoms with E-state index >= 15 is 0 Å². The second-order valence-corrected chi connectivity index (χ2v) is 8.17. The van der Waals surface area contributed by atoms with Crippen molar-refractivity contribution in [3.8, 4) is 0 Å². The Hall–Kier alpha value is -2.01. The topological polar surface area (TPSA) is 43.8 Å². The summed E-state index contributed by atoms with van der Waals surface area (Å²) in [6, 6.07) is 19.2. The fraction of sp³-hybridized carbons (Fsp3) is 0.458. The number of carbonyl (C=O) groups is 1. The lowest BCUT2D eigenvalue weighted by molar-refractivity contribution is -0.0649. The Morgan fingerprint density at radius 1 is 0.893 bits per heavy atom. The zero-order valence-corrected chi connectivity index (χ0v) is 16.5. The summed E-state index contributed by atoms with van der Waals surface area (Å²) < 4.78 is 0. The number of aliphatic hydroxyl groups is 1. The zero-order valence-electron chi connectivity index (χ0n) is 16.5. The van der Waals surface area contributed by atoms with Gasteiger partial charge in [0.1, 0.15) is 5.60 Å². The Morgan fingerprint density at radius 2 is 1.50 bits per heavy atom. The molecule has 2 heterocycles. The third-order valence-electron chi connectivity index (χ3n) is 6.41. The molecule has 4 heteroatoms. The van der Waals surface area contributed by atoms with Gasteiger partial charge in [0.05, 0.1) is 5.92 Å². The maximum absolute atomic E-state index is 13.4. The van der Waals surface area contributed by atoms with Crippen molar-refractivity contribution in [3.63, 3.8) is 0 Å². The number of rotatable bonds is 6. The first-order chi connectivity index (χ1) is 13.7. The van der Waals surface area contributed by atoms with Crippen LogP contribution >= 0.6 is 0 Å². The van der Waals surface area contributed by atoms with E-state index in [2.05, 4.69) is 9.80 Å². The Kier molecular flexibility index (Phi) is 5.90. The molecule has 2 fully saturated rings. The van der Waals surface area contributed by atoms with Crippen molar-refractivity contribution in [2.45, 2.75) is 24.9 Å². The smallest absolute Gasteiger partial charge is 0.170 e. The Bertz CT molecular complexity index is 774. The van der Waals surface area contributed by atoms with Gasteiger partial charge in [-0.25, -0.2) is 0 Å². The molecule has 2 aliphatic heterocycles. The first kappa shape index (κ1) is 19.3. The molecule has 0 saturated carbocycles. The minimum absolute atomic E-state index is 0.0397. The molecule has 1 N–H and O–H groups in total. The highest BCUT2D eigenvalue weighted by atomic mass is 16.3. The molecule has 0 bridgehead atoms. The van der Waals surface area contributed by atoms with Gasteiger partial charge in [0.2, 0.25) is 0 Å². The number of piperidine rings is 1. The monoisotopic (exact) mass is 378 g/mol. The highest BCUT2D eigenvalue weighted by Gasteiger charge is 2.46. The van der Waals surface area contributed by atoms with E-state index < -0.39 is 11.5 Å². The van der Waals surface area contributed by atoms with E-state index in [1.165, 1.54) is 25.9 Å². The van der Waals surface area contributed by atoms with Gasteiger partial charge in [0, 0.05) is 31.7 Å². The molecule has 4 nitrogen and oxygen atoms in total. The third kappa shape index (κ3) is 4.04. The predicted octanol–water partition coefficient (Wildman–Crippen LogP) is 3.17. The molecule has 0 amide bonds. The molecule has 0 aliphatic carbocycles. The summed E-state index contributed by atoms with van der Waals surface area (Å²) in [5, 5.41) is 11.7. The van der Waals surface area contributed by atoms with Gasteiger partial charge in [-0.2, -0.15) is 0 Å². The average Bonchev–Trinajstić information content (AvgIpc) is 3.28. The van der Waals surface area contributed by atoms with Crippen LogP contribution in [0.1, 0.15) is 35.2 Å². The van der Waals surface area contributed by atoms with E-state index in [1.807, 2.05) is 60.7 Å². The summed E-state index contributed by atoms with van der Waals surface area (Å²) in [4.78, 5) is 18.3. The van der Waals surface area contributed by atoms with Gasteiger partial charge in [0.15, 0.2) is 5.78 Å². The number of likely N-dealkylation sites (tertiary alicyclic amines) is 2. The number of nitrogens with zero attached hydrogens (tertiary/aromatic N) is 2. The van der Waals surface area contributed by atoms with Crippen LogP contribution in [0.5, 0.6) is 0 Å². The minimum Gasteiger partial charge on any atom is -0.384 e. The molecule has 0 spiro atoms. The van der Waals surface area contributed by atoms with Crippen molar-refractivity contribution in [1.29, 1.82) is 0 Å². The second-order valence-electron chi connectivity index (χ2n) is 8.17. The van der Waals surface area contributed by atoms with Crippen molar-refractivity contribution >= 4 is 5.78 Å².